The first-order valence-electron chi connectivity index (χ1n) is 6.39. The van der Waals surface area contributed by atoms with Crippen molar-refractivity contribution >= 4 is 17.0 Å². The Hall–Kier alpha value is -2.80. The van der Waals surface area contributed by atoms with E-state index in [1.54, 1.807) is 0 Å². The van der Waals surface area contributed by atoms with Gasteiger partial charge in [0.1, 0.15) is 0 Å². The highest BCUT2D eigenvalue weighted by Crippen LogP contribution is 2.22. The summed E-state index contributed by atoms with van der Waals surface area (Å²) in [5.41, 5.74) is 10.9. The van der Waals surface area contributed by atoms with Crippen molar-refractivity contribution in [1.82, 2.24) is 9.55 Å². The van der Waals surface area contributed by atoms with Gasteiger partial charge in [0, 0.05) is 0 Å². The number of para-hydroxylation sites is 1. The van der Waals surface area contributed by atoms with E-state index in [2.05, 4.69) is 24.0 Å². The molecule has 0 bridgehead atoms. The summed E-state index contributed by atoms with van der Waals surface area (Å²) in [5.74, 6) is 0.513. The Labute approximate surface area is 117 Å². The number of aryl methyl sites for hydroxylation is 1. The van der Waals surface area contributed by atoms with E-state index < -0.39 is 0 Å². The number of benzene rings is 2. The van der Waals surface area contributed by atoms with Gasteiger partial charge in [0.25, 0.3) is 0 Å². The van der Waals surface area contributed by atoms with Crippen molar-refractivity contribution in [3.63, 3.8) is 0 Å². The van der Waals surface area contributed by atoms with Gasteiger partial charge in [-0.1, -0.05) is 24.3 Å². The fourth-order valence-electron chi connectivity index (χ4n) is 2.41. The van der Waals surface area contributed by atoms with Gasteiger partial charge in [-0.15, -0.1) is 0 Å². The second-order valence-corrected chi connectivity index (χ2v) is 4.81. The van der Waals surface area contributed by atoms with E-state index in [-0.39, 0.29) is 0 Å². The van der Waals surface area contributed by atoms with E-state index >= 15 is 0 Å². The second-order valence-electron chi connectivity index (χ2n) is 4.81. The van der Waals surface area contributed by atoms with Gasteiger partial charge in [-0.25, -0.2) is 4.98 Å². The average Bonchev–Trinajstić information content (AvgIpc) is 2.77. The third-order valence-corrected chi connectivity index (χ3v) is 3.42. The SMILES string of the molecule is Cc1cccc2nc(N)n(Cc3ccc(C#N)cc3)c12. The lowest BCUT2D eigenvalue weighted by Crippen LogP contribution is -2.05. The number of imidazole rings is 1. The van der Waals surface area contributed by atoms with Crippen molar-refractivity contribution in [3.05, 3.63) is 59.2 Å². The number of nitrogen functional groups attached to an aromatic ring is 1. The highest BCUT2D eigenvalue weighted by Gasteiger charge is 2.10. The molecule has 98 valence electrons. The number of aromatic nitrogens is 2. The summed E-state index contributed by atoms with van der Waals surface area (Å²) in [4.78, 5) is 4.39. The minimum atomic E-state index is 0.513. The molecule has 0 radical (unpaired) electrons. The van der Waals surface area contributed by atoms with Crippen LogP contribution in [0.2, 0.25) is 0 Å². The predicted molar refractivity (Wildman–Crippen MR) is 79.1 cm³/mol. The van der Waals surface area contributed by atoms with Crippen molar-refractivity contribution in [2.45, 2.75) is 13.5 Å². The van der Waals surface area contributed by atoms with E-state index in [4.69, 9.17) is 11.0 Å². The molecule has 0 atom stereocenters. The summed E-state index contributed by atoms with van der Waals surface area (Å²) in [6.07, 6.45) is 0. The first-order valence-corrected chi connectivity index (χ1v) is 6.39. The molecule has 0 saturated heterocycles. The largest absolute Gasteiger partial charge is 0.369 e. The topological polar surface area (TPSA) is 67.6 Å². The van der Waals surface area contributed by atoms with Crippen molar-refractivity contribution < 1.29 is 0 Å². The number of hydrogen-bond acceptors (Lipinski definition) is 3. The van der Waals surface area contributed by atoms with Crippen LogP contribution in [0.3, 0.4) is 0 Å². The number of hydrogen-bond donors (Lipinski definition) is 1. The molecule has 2 aromatic carbocycles. The lowest BCUT2D eigenvalue weighted by atomic mass is 10.1. The van der Waals surface area contributed by atoms with Crippen molar-refractivity contribution in [2.75, 3.05) is 5.73 Å². The molecule has 1 aromatic heterocycles. The molecule has 0 saturated carbocycles. The van der Waals surface area contributed by atoms with Crippen LogP contribution in [0.5, 0.6) is 0 Å². The Bertz CT molecular complexity index is 807. The van der Waals surface area contributed by atoms with Crippen LogP contribution in [0.4, 0.5) is 5.95 Å². The maximum atomic E-state index is 8.82. The molecule has 0 aliphatic carbocycles. The summed E-state index contributed by atoms with van der Waals surface area (Å²) >= 11 is 0. The summed E-state index contributed by atoms with van der Waals surface area (Å²) in [6.45, 7) is 2.71. The first kappa shape index (κ1) is 12.2. The van der Waals surface area contributed by atoms with Gasteiger partial charge in [0.2, 0.25) is 5.95 Å². The highest BCUT2D eigenvalue weighted by atomic mass is 15.1. The summed E-state index contributed by atoms with van der Waals surface area (Å²) in [7, 11) is 0. The first-order chi connectivity index (χ1) is 9.69. The molecule has 3 rings (SSSR count). The number of nitrogens with two attached hydrogens (primary N) is 1. The normalized spacial score (nSPS) is 10.6. The van der Waals surface area contributed by atoms with Crippen molar-refractivity contribution in [2.24, 2.45) is 0 Å². The highest BCUT2D eigenvalue weighted by molar-refractivity contribution is 5.81. The molecule has 4 nitrogen and oxygen atoms in total. The molecule has 1 heterocycles. The maximum Gasteiger partial charge on any atom is 0.201 e. The van der Waals surface area contributed by atoms with Gasteiger partial charge in [0.15, 0.2) is 0 Å². The molecule has 3 aromatic rings. The second kappa shape index (κ2) is 4.71. The molecule has 2 N–H and O–H groups in total. The minimum Gasteiger partial charge on any atom is -0.369 e. The molecule has 20 heavy (non-hydrogen) atoms. The molecule has 4 heteroatoms. The maximum absolute atomic E-state index is 8.82. The Morgan fingerprint density at radius 1 is 1.20 bits per heavy atom. The summed E-state index contributed by atoms with van der Waals surface area (Å²) < 4.78 is 2.01. The number of anilines is 1. The zero-order chi connectivity index (χ0) is 14.1. The van der Waals surface area contributed by atoms with Gasteiger partial charge in [0.05, 0.1) is 29.2 Å². The zero-order valence-corrected chi connectivity index (χ0v) is 11.2. The van der Waals surface area contributed by atoms with Crippen molar-refractivity contribution in [3.8, 4) is 6.07 Å². The summed E-state index contributed by atoms with van der Waals surface area (Å²) in [6, 6.07) is 15.6. The molecule has 0 aliphatic heterocycles. The molecular weight excluding hydrogens is 248 g/mol. The fourth-order valence-corrected chi connectivity index (χ4v) is 2.41. The fraction of sp³-hybridized carbons (Fsp3) is 0.125. The monoisotopic (exact) mass is 262 g/mol. The van der Waals surface area contributed by atoms with E-state index in [1.165, 1.54) is 0 Å². The van der Waals surface area contributed by atoms with Crippen molar-refractivity contribution in [1.29, 1.82) is 5.26 Å². The average molecular weight is 262 g/mol. The third kappa shape index (κ3) is 1.99. The van der Waals surface area contributed by atoms with E-state index in [0.29, 0.717) is 18.1 Å². The van der Waals surface area contributed by atoms with Gasteiger partial charge in [-0.05, 0) is 36.2 Å². The lowest BCUT2D eigenvalue weighted by Gasteiger charge is -2.08. The molecule has 0 unspecified atom stereocenters. The van der Waals surface area contributed by atoms with Gasteiger partial charge in [-0.3, -0.25) is 0 Å². The van der Waals surface area contributed by atoms with Crippen LogP contribution >= 0.6 is 0 Å². The minimum absolute atomic E-state index is 0.513. The van der Waals surface area contributed by atoms with Crippen LogP contribution in [0.25, 0.3) is 11.0 Å². The third-order valence-electron chi connectivity index (χ3n) is 3.42. The van der Waals surface area contributed by atoms with Gasteiger partial charge < -0.3 is 10.3 Å². The molecule has 0 amide bonds. The number of fused-ring (bicyclic) bond motifs is 1. The lowest BCUT2D eigenvalue weighted by molar-refractivity contribution is 0.836. The Balaban J connectivity index is 2.06. The number of rotatable bonds is 2. The molecule has 0 aliphatic rings. The molecule has 0 spiro atoms. The molecular formula is C16H14N4. The standard InChI is InChI=1S/C16H14N4/c1-11-3-2-4-14-15(11)20(16(18)19-14)10-13-7-5-12(9-17)6-8-13/h2-8H,10H2,1H3,(H2,18,19). The quantitative estimate of drug-likeness (QED) is 0.772. The number of nitriles is 1. The van der Waals surface area contributed by atoms with Gasteiger partial charge >= 0.3 is 0 Å². The Morgan fingerprint density at radius 3 is 2.65 bits per heavy atom. The van der Waals surface area contributed by atoms with Crippen LogP contribution in [-0.4, -0.2) is 9.55 Å². The van der Waals surface area contributed by atoms with Crippen LogP contribution in [0.1, 0.15) is 16.7 Å². The Kier molecular flexibility index (Phi) is 2.88. The van der Waals surface area contributed by atoms with Crippen LogP contribution in [0.15, 0.2) is 42.5 Å². The van der Waals surface area contributed by atoms with Gasteiger partial charge in [-0.2, -0.15) is 5.26 Å². The number of nitrogens with zero attached hydrogens (tertiary/aromatic N) is 3. The summed E-state index contributed by atoms with van der Waals surface area (Å²) in [5, 5.41) is 8.82. The Morgan fingerprint density at radius 2 is 1.95 bits per heavy atom. The van der Waals surface area contributed by atoms with Crippen LogP contribution < -0.4 is 5.73 Å². The zero-order valence-electron chi connectivity index (χ0n) is 11.2. The van der Waals surface area contributed by atoms with E-state index in [9.17, 15) is 0 Å². The predicted octanol–water partition coefficient (Wildman–Crippen LogP) is 2.85. The molecule has 0 fully saturated rings. The smallest absolute Gasteiger partial charge is 0.201 e. The van der Waals surface area contributed by atoms with E-state index in [0.717, 1.165) is 22.2 Å². The van der Waals surface area contributed by atoms with Crippen LogP contribution in [0, 0.1) is 18.3 Å². The van der Waals surface area contributed by atoms with E-state index in [1.807, 2.05) is 41.0 Å². The van der Waals surface area contributed by atoms with Crippen LogP contribution in [-0.2, 0) is 6.54 Å².